The molecule has 106 valence electrons. The number of aliphatic hydroxyl groups excluding tert-OH is 1. The van der Waals surface area contributed by atoms with Gasteiger partial charge in [-0.25, -0.2) is 4.39 Å². The molecule has 5 heteroatoms. The van der Waals surface area contributed by atoms with E-state index >= 15 is 0 Å². The number of aliphatic hydroxyl groups is 1. The third-order valence-corrected chi connectivity index (χ3v) is 2.65. The van der Waals surface area contributed by atoms with Gasteiger partial charge in [-0.1, -0.05) is 17.9 Å². The molecule has 2 rings (SSSR count). The first-order valence-electron chi connectivity index (χ1n) is 6.27. The summed E-state index contributed by atoms with van der Waals surface area (Å²) in [6.07, 6.45) is 3.40. The Morgan fingerprint density at radius 3 is 2.95 bits per heavy atom. The Balaban J connectivity index is 2.13. The standard InChI is InChI=1S/C16H13FN2O2/c17-14-5-6-15(13(10-14)4-2-8-20)19-16(21)9-12-3-1-7-18-11-12/h1,3,5-7,10-11,20H,8-9H2,(H,19,21). The molecule has 2 aromatic rings. The van der Waals surface area contributed by atoms with Gasteiger partial charge in [0.2, 0.25) is 5.91 Å². The van der Waals surface area contributed by atoms with Crippen LogP contribution in [0.5, 0.6) is 0 Å². The highest BCUT2D eigenvalue weighted by atomic mass is 19.1. The lowest BCUT2D eigenvalue weighted by Gasteiger charge is -2.07. The van der Waals surface area contributed by atoms with Crippen LogP contribution in [0.1, 0.15) is 11.1 Å². The van der Waals surface area contributed by atoms with E-state index in [0.29, 0.717) is 11.3 Å². The summed E-state index contributed by atoms with van der Waals surface area (Å²) < 4.78 is 13.2. The number of carbonyl (C=O) groups excluding carboxylic acids is 1. The van der Waals surface area contributed by atoms with Crippen molar-refractivity contribution < 1.29 is 14.3 Å². The van der Waals surface area contributed by atoms with Crippen LogP contribution in [0.4, 0.5) is 10.1 Å². The fourth-order valence-electron chi connectivity index (χ4n) is 1.75. The number of aromatic nitrogens is 1. The third kappa shape index (κ3) is 4.41. The number of hydrogen-bond donors (Lipinski definition) is 2. The van der Waals surface area contributed by atoms with E-state index < -0.39 is 5.82 Å². The zero-order chi connectivity index (χ0) is 15.1. The molecule has 0 unspecified atom stereocenters. The highest BCUT2D eigenvalue weighted by Gasteiger charge is 2.08. The number of anilines is 1. The average Bonchev–Trinajstić information content (AvgIpc) is 2.48. The number of hydrogen-bond acceptors (Lipinski definition) is 3. The van der Waals surface area contributed by atoms with Gasteiger partial charge in [0.05, 0.1) is 17.7 Å². The molecule has 1 aromatic heterocycles. The van der Waals surface area contributed by atoms with E-state index in [2.05, 4.69) is 22.1 Å². The number of nitrogens with one attached hydrogen (secondary N) is 1. The van der Waals surface area contributed by atoms with Crippen molar-refractivity contribution in [2.24, 2.45) is 0 Å². The van der Waals surface area contributed by atoms with E-state index in [1.165, 1.54) is 18.2 Å². The first kappa shape index (κ1) is 14.7. The van der Waals surface area contributed by atoms with Gasteiger partial charge in [-0.15, -0.1) is 0 Å². The molecule has 0 aliphatic heterocycles. The molecular weight excluding hydrogens is 271 g/mol. The molecule has 0 aliphatic rings. The van der Waals surface area contributed by atoms with Gasteiger partial charge in [0.25, 0.3) is 0 Å². The van der Waals surface area contributed by atoms with Gasteiger partial charge in [0, 0.05) is 12.4 Å². The molecule has 0 saturated carbocycles. The van der Waals surface area contributed by atoms with Crippen molar-refractivity contribution in [3.8, 4) is 11.8 Å². The van der Waals surface area contributed by atoms with Crippen molar-refractivity contribution in [2.75, 3.05) is 11.9 Å². The van der Waals surface area contributed by atoms with E-state index in [1.54, 1.807) is 24.5 Å². The van der Waals surface area contributed by atoms with Gasteiger partial charge in [-0.05, 0) is 29.8 Å². The molecule has 1 heterocycles. The number of carbonyl (C=O) groups is 1. The zero-order valence-corrected chi connectivity index (χ0v) is 11.1. The smallest absolute Gasteiger partial charge is 0.228 e. The van der Waals surface area contributed by atoms with E-state index in [9.17, 15) is 9.18 Å². The fourth-order valence-corrected chi connectivity index (χ4v) is 1.75. The van der Waals surface area contributed by atoms with Crippen LogP contribution in [0.25, 0.3) is 0 Å². The van der Waals surface area contributed by atoms with Gasteiger partial charge in [-0.2, -0.15) is 0 Å². The SMILES string of the molecule is O=C(Cc1cccnc1)Nc1ccc(F)cc1C#CCO. The zero-order valence-electron chi connectivity index (χ0n) is 11.1. The Bertz CT molecular complexity index is 690. The van der Waals surface area contributed by atoms with Crippen LogP contribution < -0.4 is 5.32 Å². The Hall–Kier alpha value is -2.71. The van der Waals surface area contributed by atoms with Crippen molar-refractivity contribution in [1.29, 1.82) is 0 Å². The Morgan fingerprint density at radius 2 is 2.24 bits per heavy atom. The van der Waals surface area contributed by atoms with E-state index in [0.717, 1.165) is 5.56 Å². The molecule has 0 spiro atoms. The van der Waals surface area contributed by atoms with Gasteiger partial charge in [0.1, 0.15) is 12.4 Å². The van der Waals surface area contributed by atoms with Crippen LogP contribution in [0.15, 0.2) is 42.7 Å². The molecule has 0 radical (unpaired) electrons. The molecule has 1 amide bonds. The summed E-state index contributed by atoms with van der Waals surface area (Å²) in [5.74, 6) is 4.33. The Labute approximate surface area is 121 Å². The van der Waals surface area contributed by atoms with Crippen LogP contribution >= 0.6 is 0 Å². The summed E-state index contributed by atoms with van der Waals surface area (Å²) in [5.41, 5.74) is 1.51. The van der Waals surface area contributed by atoms with Gasteiger partial charge in [-0.3, -0.25) is 9.78 Å². The van der Waals surface area contributed by atoms with E-state index in [1.807, 2.05) is 0 Å². The maximum atomic E-state index is 13.2. The summed E-state index contributed by atoms with van der Waals surface area (Å²) in [6.45, 7) is -0.334. The van der Waals surface area contributed by atoms with Crippen molar-refractivity contribution in [2.45, 2.75) is 6.42 Å². The molecule has 0 fully saturated rings. The van der Waals surface area contributed by atoms with E-state index in [4.69, 9.17) is 5.11 Å². The number of benzene rings is 1. The minimum absolute atomic E-state index is 0.165. The number of pyridine rings is 1. The highest BCUT2D eigenvalue weighted by molar-refractivity contribution is 5.93. The van der Waals surface area contributed by atoms with Gasteiger partial charge in [0.15, 0.2) is 0 Å². The number of rotatable bonds is 3. The van der Waals surface area contributed by atoms with Crippen molar-refractivity contribution in [1.82, 2.24) is 4.98 Å². The highest BCUT2D eigenvalue weighted by Crippen LogP contribution is 2.16. The van der Waals surface area contributed by atoms with Gasteiger partial charge < -0.3 is 10.4 Å². The second-order valence-corrected chi connectivity index (χ2v) is 4.24. The number of amides is 1. The average molecular weight is 284 g/mol. The molecule has 1 aromatic carbocycles. The number of halogens is 1. The molecule has 4 nitrogen and oxygen atoms in total. The minimum atomic E-state index is -0.456. The molecule has 0 atom stereocenters. The van der Waals surface area contributed by atoms with E-state index in [-0.39, 0.29) is 18.9 Å². The van der Waals surface area contributed by atoms with Crippen LogP contribution in [0.2, 0.25) is 0 Å². The maximum absolute atomic E-state index is 13.2. The molecule has 2 N–H and O–H groups in total. The lowest BCUT2D eigenvalue weighted by Crippen LogP contribution is -2.15. The normalized spacial score (nSPS) is 9.62. The van der Waals surface area contributed by atoms with Crippen LogP contribution in [0, 0.1) is 17.7 Å². The molecule has 0 aliphatic carbocycles. The lowest BCUT2D eigenvalue weighted by molar-refractivity contribution is -0.115. The molecular formula is C16H13FN2O2. The summed E-state index contributed by atoms with van der Waals surface area (Å²) in [4.78, 5) is 15.9. The predicted molar refractivity (Wildman–Crippen MR) is 76.9 cm³/mol. The largest absolute Gasteiger partial charge is 0.384 e. The molecule has 0 bridgehead atoms. The van der Waals surface area contributed by atoms with Crippen molar-refractivity contribution >= 4 is 11.6 Å². The fraction of sp³-hybridized carbons (Fsp3) is 0.125. The summed E-state index contributed by atoms with van der Waals surface area (Å²) in [6, 6.07) is 7.44. The molecule has 0 saturated heterocycles. The summed E-state index contributed by atoms with van der Waals surface area (Å²) in [7, 11) is 0. The lowest BCUT2D eigenvalue weighted by atomic mass is 10.1. The number of nitrogens with zero attached hydrogens (tertiary/aromatic N) is 1. The summed E-state index contributed by atoms with van der Waals surface area (Å²) >= 11 is 0. The minimum Gasteiger partial charge on any atom is -0.384 e. The quantitative estimate of drug-likeness (QED) is 0.844. The monoisotopic (exact) mass is 284 g/mol. The van der Waals surface area contributed by atoms with Crippen LogP contribution in [-0.4, -0.2) is 22.6 Å². The first-order valence-corrected chi connectivity index (χ1v) is 6.27. The summed E-state index contributed by atoms with van der Waals surface area (Å²) in [5, 5.41) is 11.4. The van der Waals surface area contributed by atoms with Crippen molar-refractivity contribution in [3.05, 3.63) is 59.7 Å². The molecule has 21 heavy (non-hydrogen) atoms. The first-order chi connectivity index (χ1) is 10.2. The second kappa shape index (κ2) is 7.17. The predicted octanol–water partition coefficient (Wildman–Crippen LogP) is 1.75. The van der Waals surface area contributed by atoms with Crippen LogP contribution in [0.3, 0.4) is 0 Å². The third-order valence-electron chi connectivity index (χ3n) is 2.65. The van der Waals surface area contributed by atoms with Crippen molar-refractivity contribution in [3.63, 3.8) is 0 Å². The topological polar surface area (TPSA) is 62.2 Å². The maximum Gasteiger partial charge on any atom is 0.228 e. The second-order valence-electron chi connectivity index (χ2n) is 4.24. The van der Waals surface area contributed by atoms with Crippen LogP contribution in [-0.2, 0) is 11.2 Å². The van der Waals surface area contributed by atoms with Gasteiger partial charge >= 0.3 is 0 Å². The Morgan fingerprint density at radius 1 is 1.38 bits per heavy atom. The Kier molecular flexibility index (Phi) is 5.02.